The molecular weight excluding hydrogens is 402 g/mol. The third-order valence-electron chi connectivity index (χ3n) is 4.79. The van der Waals surface area contributed by atoms with Crippen molar-refractivity contribution in [1.82, 2.24) is 8.87 Å². The van der Waals surface area contributed by atoms with Crippen LogP contribution in [0.2, 0.25) is 0 Å². The summed E-state index contributed by atoms with van der Waals surface area (Å²) in [5.74, 6) is 0.555. The van der Waals surface area contributed by atoms with E-state index in [1.54, 1.807) is 11.8 Å². The molecule has 1 amide bonds. The first kappa shape index (κ1) is 20.6. The second-order valence-corrected chi connectivity index (χ2v) is 10.6. The molecule has 0 spiro atoms. The van der Waals surface area contributed by atoms with Gasteiger partial charge in [0.05, 0.1) is 16.5 Å². The average molecular weight is 428 g/mol. The van der Waals surface area contributed by atoms with Crippen molar-refractivity contribution in [2.75, 3.05) is 24.8 Å². The van der Waals surface area contributed by atoms with Gasteiger partial charge in [-0.05, 0) is 43.2 Å². The summed E-state index contributed by atoms with van der Waals surface area (Å²) in [5, 5.41) is 0. The van der Waals surface area contributed by atoms with Crippen LogP contribution < -0.4 is 4.80 Å². The summed E-state index contributed by atoms with van der Waals surface area (Å²) < 4.78 is 28.4. The Morgan fingerprint density at radius 2 is 2.19 bits per heavy atom. The molecule has 2 heterocycles. The standard InChI is InChI=1S/C18H25N3O3S3/c1-4-13-7-8-14-16(12-13)26-18(20(14)10-11-25-2)19-17(22)15-6-5-9-21(15)27(3,23)24/h7-8,12,15H,4-6,9-11H2,1-3H3. The highest BCUT2D eigenvalue weighted by molar-refractivity contribution is 7.98. The Morgan fingerprint density at radius 3 is 2.85 bits per heavy atom. The number of benzene rings is 1. The monoisotopic (exact) mass is 427 g/mol. The average Bonchev–Trinajstić information content (AvgIpc) is 3.24. The topological polar surface area (TPSA) is 71.7 Å². The van der Waals surface area contributed by atoms with Gasteiger partial charge in [0.25, 0.3) is 5.91 Å². The highest BCUT2D eigenvalue weighted by atomic mass is 32.2. The van der Waals surface area contributed by atoms with Crippen molar-refractivity contribution in [3.05, 3.63) is 28.6 Å². The Hall–Kier alpha value is -1.16. The number of carbonyl (C=O) groups is 1. The molecular formula is C18H25N3O3S3. The van der Waals surface area contributed by atoms with E-state index in [1.807, 2.05) is 0 Å². The molecule has 1 aromatic carbocycles. The summed E-state index contributed by atoms with van der Waals surface area (Å²) >= 11 is 3.24. The molecule has 3 rings (SSSR count). The van der Waals surface area contributed by atoms with Gasteiger partial charge in [0.1, 0.15) is 6.04 Å². The Labute approximate surface area is 168 Å². The number of carbonyl (C=O) groups excluding carboxylic acids is 1. The van der Waals surface area contributed by atoms with Gasteiger partial charge in [0, 0.05) is 18.8 Å². The fourth-order valence-electron chi connectivity index (χ4n) is 3.37. The van der Waals surface area contributed by atoms with E-state index in [0.717, 1.165) is 35.2 Å². The fourth-order valence-corrected chi connectivity index (χ4v) is 5.98. The lowest BCUT2D eigenvalue weighted by Gasteiger charge is -2.18. The zero-order valence-electron chi connectivity index (χ0n) is 15.8. The predicted molar refractivity (Wildman–Crippen MR) is 113 cm³/mol. The third kappa shape index (κ3) is 4.47. The molecule has 0 saturated carbocycles. The number of amides is 1. The lowest BCUT2D eigenvalue weighted by Crippen LogP contribution is -2.40. The second kappa shape index (κ2) is 8.46. The van der Waals surface area contributed by atoms with E-state index in [-0.39, 0.29) is 5.91 Å². The predicted octanol–water partition coefficient (Wildman–Crippen LogP) is 2.48. The van der Waals surface area contributed by atoms with E-state index in [0.29, 0.717) is 24.2 Å². The minimum absolute atomic E-state index is 0.363. The number of rotatable bonds is 6. The Bertz CT molecular complexity index is 1010. The van der Waals surface area contributed by atoms with Crippen LogP contribution >= 0.6 is 23.1 Å². The Morgan fingerprint density at radius 1 is 1.41 bits per heavy atom. The number of thiazole rings is 1. The van der Waals surface area contributed by atoms with E-state index in [1.165, 1.54) is 21.2 Å². The van der Waals surface area contributed by atoms with Gasteiger partial charge < -0.3 is 4.57 Å². The molecule has 1 aliphatic heterocycles. The molecule has 1 atom stereocenters. The SMILES string of the molecule is CCc1ccc2c(c1)sc(=NC(=O)C1CCCN1S(C)(=O)=O)n2CCSC. The minimum atomic E-state index is -3.40. The maximum atomic E-state index is 12.8. The van der Waals surface area contributed by atoms with E-state index in [4.69, 9.17) is 0 Å². The normalized spacial score (nSPS) is 19.2. The van der Waals surface area contributed by atoms with Crippen molar-refractivity contribution in [3.8, 4) is 0 Å². The van der Waals surface area contributed by atoms with Gasteiger partial charge in [-0.25, -0.2) is 8.42 Å². The van der Waals surface area contributed by atoms with Crippen LogP contribution in [0.3, 0.4) is 0 Å². The summed E-state index contributed by atoms with van der Waals surface area (Å²) in [6, 6.07) is 5.67. The molecule has 0 aliphatic carbocycles. The van der Waals surface area contributed by atoms with E-state index < -0.39 is 16.1 Å². The first-order valence-electron chi connectivity index (χ1n) is 9.01. The smallest absolute Gasteiger partial charge is 0.266 e. The van der Waals surface area contributed by atoms with E-state index in [9.17, 15) is 13.2 Å². The lowest BCUT2D eigenvalue weighted by atomic mass is 10.2. The number of hydrogen-bond acceptors (Lipinski definition) is 5. The minimum Gasteiger partial charge on any atom is -0.316 e. The lowest BCUT2D eigenvalue weighted by molar-refractivity contribution is -0.121. The van der Waals surface area contributed by atoms with Crippen LogP contribution in [0, 0.1) is 0 Å². The number of aryl methyl sites for hydroxylation is 2. The number of nitrogens with zero attached hydrogens (tertiary/aromatic N) is 3. The van der Waals surface area contributed by atoms with Crippen LogP contribution in [-0.4, -0.2) is 54.0 Å². The molecule has 1 saturated heterocycles. The first-order valence-corrected chi connectivity index (χ1v) is 13.1. The van der Waals surface area contributed by atoms with Crippen molar-refractivity contribution >= 4 is 49.2 Å². The third-order valence-corrected chi connectivity index (χ3v) is 7.72. The molecule has 0 radical (unpaired) electrons. The number of aromatic nitrogens is 1. The fraction of sp³-hybridized carbons (Fsp3) is 0.556. The van der Waals surface area contributed by atoms with Gasteiger partial charge in [-0.2, -0.15) is 21.1 Å². The van der Waals surface area contributed by atoms with Gasteiger partial charge in [0.2, 0.25) is 10.0 Å². The summed E-state index contributed by atoms with van der Waals surface area (Å²) in [7, 11) is -3.40. The van der Waals surface area contributed by atoms with Gasteiger partial charge in [-0.3, -0.25) is 4.79 Å². The van der Waals surface area contributed by atoms with Crippen LogP contribution in [0.1, 0.15) is 25.3 Å². The number of hydrogen-bond donors (Lipinski definition) is 0. The largest absolute Gasteiger partial charge is 0.316 e. The van der Waals surface area contributed by atoms with E-state index >= 15 is 0 Å². The van der Waals surface area contributed by atoms with Crippen molar-refractivity contribution in [3.63, 3.8) is 0 Å². The number of thioether (sulfide) groups is 1. The maximum Gasteiger partial charge on any atom is 0.266 e. The zero-order chi connectivity index (χ0) is 19.6. The summed E-state index contributed by atoms with van der Waals surface area (Å²) in [5.41, 5.74) is 2.32. The molecule has 0 N–H and O–H groups in total. The number of sulfonamides is 1. The van der Waals surface area contributed by atoms with Crippen LogP contribution in [0.25, 0.3) is 10.2 Å². The highest BCUT2D eigenvalue weighted by Gasteiger charge is 2.36. The van der Waals surface area contributed by atoms with Gasteiger partial charge >= 0.3 is 0 Å². The van der Waals surface area contributed by atoms with Gasteiger partial charge in [-0.1, -0.05) is 24.3 Å². The molecule has 9 heteroatoms. The molecule has 1 unspecified atom stereocenters. The summed E-state index contributed by atoms with van der Waals surface area (Å²) in [4.78, 5) is 17.8. The van der Waals surface area contributed by atoms with Crippen LogP contribution in [0.5, 0.6) is 0 Å². The van der Waals surface area contributed by atoms with Crippen LogP contribution in [0.4, 0.5) is 0 Å². The maximum absolute atomic E-state index is 12.8. The molecule has 1 fully saturated rings. The molecule has 1 aromatic heterocycles. The van der Waals surface area contributed by atoms with Crippen molar-refractivity contribution < 1.29 is 13.2 Å². The van der Waals surface area contributed by atoms with Crippen molar-refractivity contribution in [1.29, 1.82) is 0 Å². The van der Waals surface area contributed by atoms with Gasteiger partial charge in [0.15, 0.2) is 4.80 Å². The second-order valence-electron chi connectivity index (χ2n) is 6.67. The molecule has 1 aliphatic rings. The van der Waals surface area contributed by atoms with Crippen LogP contribution in [-0.2, 0) is 27.8 Å². The van der Waals surface area contributed by atoms with Gasteiger partial charge in [-0.15, -0.1) is 0 Å². The molecule has 27 heavy (non-hydrogen) atoms. The summed E-state index contributed by atoms with van der Waals surface area (Å²) in [6.45, 7) is 3.27. The summed E-state index contributed by atoms with van der Waals surface area (Å²) in [6.07, 6.45) is 5.38. The molecule has 0 bridgehead atoms. The van der Waals surface area contributed by atoms with E-state index in [2.05, 4.69) is 40.9 Å². The molecule has 148 valence electrons. The van der Waals surface area contributed by atoms with Crippen molar-refractivity contribution in [2.45, 2.75) is 38.8 Å². The van der Waals surface area contributed by atoms with Crippen LogP contribution in [0.15, 0.2) is 23.2 Å². The Balaban J connectivity index is 2.04. The highest BCUT2D eigenvalue weighted by Crippen LogP contribution is 2.23. The van der Waals surface area contributed by atoms with Crippen molar-refractivity contribution in [2.24, 2.45) is 4.99 Å². The zero-order valence-corrected chi connectivity index (χ0v) is 18.3. The molecule has 2 aromatic rings. The quantitative estimate of drug-likeness (QED) is 0.710. The molecule has 6 nitrogen and oxygen atoms in total. The Kier molecular flexibility index (Phi) is 6.45. The number of fused-ring (bicyclic) bond motifs is 1. The first-order chi connectivity index (χ1) is 12.8.